The molecule has 0 bridgehead atoms. The van der Waals surface area contributed by atoms with E-state index in [1.165, 1.54) is 48.1 Å². The number of thiazole rings is 1. The highest BCUT2D eigenvalue weighted by Crippen LogP contribution is 2.18. The summed E-state index contributed by atoms with van der Waals surface area (Å²) in [6.45, 7) is 4.02. The van der Waals surface area contributed by atoms with Crippen LogP contribution in [0.15, 0.2) is 16.7 Å². The maximum absolute atomic E-state index is 12.6. The number of nitrogens with zero attached hydrogens (tertiary/aromatic N) is 3. The molecule has 0 aliphatic heterocycles. The molecule has 0 aliphatic rings. The minimum atomic E-state index is -0.697. The van der Waals surface area contributed by atoms with Crippen molar-refractivity contribution in [3.05, 3.63) is 11.6 Å². The van der Waals surface area contributed by atoms with Gasteiger partial charge in [-0.1, -0.05) is 5.16 Å². The molecule has 156 valence electrons. The van der Waals surface area contributed by atoms with Crippen LogP contribution in [-0.4, -0.2) is 72.8 Å². The number of nitrogens with one attached hydrogen (secondary N) is 1. The molecule has 12 heteroatoms. The number of carbonyl (C=O) groups is 3. The van der Waals surface area contributed by atoms with E-state index in [-0.39, 0.29) is 19.1 Å². The number of rotatable bonds is 13. The molecule has 28 heavy (non-hydrogen) atoms. The topological polar surface area (TPSA) is 136 Å². The zero-order chi connectivity index (χ0) is 20.8. The highest BCUT2D eigenvalue weighted by molar-refractivity contribution is 7.99. The van der Waals surface area contributed by atoms with Gasteiger partial charge in [-0.15, -0.1) is 11.3 Å². The van der Waals surface area contributed by atoms with Gasteiger partial charge in [-0.05, 0) is 0 Å². The third kappa shape index (κ3) is 10.3. The van der Waals surface area contributed by atoms with E-state index in [0.717, 1.165) is 5.75 Å². The molecule has 0 spiro atoms. The SMILES string of the molecule is CC(=O)OCCN(C(=O)[C@@H](N)CSCCNC/C=N\OC(C)=O)c1nccs1. The Bertz CT molecular complexity index is 641. The van der Waals surface area contributed by atoms with Crippen LogP contribution in [0.3, 0.4) is 0 Å². The summed E-state index contributed by atoms with van der Waals surface area (Å²) in [4.78, 5) is 44.1. The molecule has 1 atom stereocenters. The van der Waals surface area contributed by atoms with Crippen LogP contribution in [0.2, 0.25) is 0 Å². The first-order valence-corrected chi connectivity index (χ1v) is 10.5. The van der Waals surface area contributed by atoms with Crippen molar-refractivity contribution < 1.29 is 24.0 Å². The standard InChI is InChI=1S/C16H25N5O5S2/c1-12(22)25-8-7-21(16-19-6-10-28-16)15(24)14(17)11-27-9-5-18-3-4-20-26-13(2)23/h4,6,10,14,18H,3,5,7-9,11,17H2,1-2H3/b20-4-/t14-/m0/s1. The van der Waals surface area contributed by atoms with Crippen LogP contribution in [0.5, 0.6) is 0 Å². The van der Waals surface area contributed by atoms with Gasteiger partial charge in [0, 0.05) is 50.0 Å². The molecule has 1 amide bonds. The first-order valence-electron chi connectivity index (χ1n) is 8.49. The van der Waals surface area contributed by atoms with Crippen molar-refractivity contribution in [2.75, 3.05) is 42.6 Å². The van der Waals surface area contributed by atoms with Gasteiger partial charge in [0.1, 0.15) is 6.61 Å². The van der Waals surface area contributed by atoms with E-state index in [9.17, 15) is 14.4 Å². The van der Waals surface area contributed by atoms with Gasteiger partial charge < -0.3 is 20.6 Å². The van der Waals surface area contributed by atoms with Crippen LogP contribution in [0.1, 0.15) is 13.8 Å². The van der Waals surface area contributed by atoms with Gasteiger partial charge in [-0.3, -0.25) is 14.5 Å². The minimum absolute atomic E-state index is 0.0827. The van der Waals surface area contributed by atoms with Gasteiger partial charge in [-0.2, -0.15) is 11.8 Å². The third-order valence-electron chi connectivity index (χ3n) is 3.07. The van der Waals surface area contributed by atoms with E-state index in [1.807, 2.05) is 0 Å². The molecule has 1 heterocycles. The number of esters is 1. The van der Waals surface area contributed by atoms with Crippen molar-refractivity contribution in [1.29, 1.82) is 0 Å². The van der Waals surface area contributed by atoms with Gasteiger partial charge in [0.05, 0.1) is 18.8 Å². The van der Waals surface area contributed by atoms with Gasteiger partial charge in [0.25, 0.3) is 0 Å². The summed E-state index contributed by atoms with van der Waals surface area (Å²) in [5, 5.41) is 8.84. The summed E-state index contributed by atoms with van der Waals surface area (Å²) in [6.07, 6.45) is 3.05. The van der Waals surface area contributed by atoms with Crippen LogP contribution < -0.4 is 16.0 Å². The molecular formula is C16H25N5O5S2. The van der Waals surface area contributed by atoms with Crippen LogP contribution >= 0.6 is 23.1 Å². The monoisotopic (exact) mass is 431 g/mol. The molecular weight excluding hydrogens is 406 g/mol. The first-order chi connectivity index (χ1) is 13.4. The van der Waals surface area contributed by atoms with E-state index < -0.39 is 18.0 Å². The summed E-state index contributed by atoms with van der Waals surface area (Å²) in [5.74, 6) is 0.0443. The van der Waals surface area contributed by atoms with E-state index in [1.54, 1.807) is 11.6 Å². The van der Waals surface area contributed by atoms with Crippen molar-refractivity contribution in [3.63, 3.8) is 0 Å². The number of amides is 1. The highest BCUT2D eigenvalue weighted by atomic mass is 32.2. The van der Waals surface area contributed by atoms with E-state index in [2.05, 4.69) is 20.3 Å². The maximum atomic E-state index is 12.6. The Labute approximate surface area is 171 Å². The maximum Gasteiger partial charge on any atom is 0.331 e. The molecule has 0 saturated heterocycles. The predicted molar refractivity (Wildman–Crippen MR) is 110 cm³/mol. The third-order valence-corrected chi connectivity index (χ3v) is 4.95. The summed E-state index contributed by atoms with van der Waals surface area (Å²) in [7, 11) is 0. The fourth-order valence-electron chi connectivity index (χ4n) is 1.87. The number of oxime groups is 1. The Morgan fingerprint density at radius 1 is 1.43 bits per heavy atom. The first kappa shape index (κ1) is 24.0. The van der Waals surface area contributed by atoms with Crippen molar-refractivity contribution in [3.8, 4) is 0 Å². The Hall–Kier alpha value is -2.02. The number of anilines is 1. The van der Waals surface area contributed by atoms with E-state index in [4.69, 9.17) is 10.5 Å². The van der Waals surface area contributed by atoms with Gasteiger partial charge in [0.2, 0.25) is 5.91 Å². The lowest BCUT2D eigenvalue weighted by Gasteiger charge is -2.23. The molecule has 0 aromatic carbocycles. The smallest absolute Gasteiger partial charge is 0.331 e. The average Bonchev–Trinajstić information content (AvgIpc) is 3.17. The Kier molecular flexibility index (Phi) is 12.0. The van der Waals surface area contributed by atoms with Crippen LogP contribution in [0.4, 0.5) is 5.13 Å². The van der Waals surface area contributed by atoms with Crippen molar-refractivity contribution in [2.24, 2.45) is 10.9 Å². The van der Waals surface area contributed by atoms with E-state index in [0.29, 0.717) is 24.0 Å². The second-order valence-electron chi connectivity index (χ2n) is 5.40. The number of thioether (sulfide) groups is 1. The number of carbonyl (C=O) groups excluding carboxylic acids is 3. The number of aromatic nitrogens is 1. The average molecular weight is 432 g/mol. The molecule has 1 aromatic heterocycles. The molecule has 1 aromatic rings. The number of hydrogen-bond acceptors (Lipinski definition) is 11. The fraction of sp³-hybridized carbons (Fsp3) is 0.562. The second-order valence-corrected chi connectivity index (χ2v) is 7.42. The molecule has 0 aliphatic carbocycles. The van der Waals surface area contributed by atoms with Gasteiger partial charge in [-0.25, -0.2) is 9.78 Å². The molecule has 0 radical (unpaired) electrons. The summed E-state index contributed by atoms with van der Waals surface area (Å²) < 4.78 is 4.92. The lowest BCUT2D eigenvalue weighted by Crippen LogP contribution is -2.46. The lowest BCUT2D eigenvalue weighted by molar-refractivity contribution is -0.141. The van der Waals surface area contributed by atoms with Crippen LogP contribution in [0.25, 0.3) is 0 Å². The van der Waals surface area contributed by atoms with Gasteiger partial charge >= 0.3 is 11.9 Å². The summed E-state index contributed by atoms with van der Waals surface area (Å²) in [5.41, 5.74) is 6.03. The molecule has 0 unspecified atom stereocenters. The predicted octanol–water partition coefficient (Wildman–Crippen LogP) is 0.238. The largest absolute Gasteiger partial charge is 0.464 e. The van der Waals surface area contributed by atoms with Crippen LogP contribution in [-0.2, 0) is 24.0 Å². The molecule has 0 saturated carbocycles. The van der Waals surface area contributed by atoms with Crippen molar-refractivity contribution in [1.82, 2.24) is 10.3 Å². The Morgan fingerprint density at radius 3 is 2.86 bits per heavy atom. The highest BCUT2D eigenvalue weighted by Gasteiger charge is 2.24. The quantitative estimate of drug-likeness (QED) is 0.148. The van der Waals surface area contributed by atoms with E-state index >= 15 is 0 Å². The zero-order valence-electron chi connectivity index (χ0n) is 15.8. The Balaban J connectivity index is 2.32. The minimum Gasteiger partial charge on any atom is -0.464 e. The molecule has 10 nitrogen and oxygen atoms in total. The lowest BCUT2D eigenvalue weighted by atomic mass is 10.3. The summed E-state index contributed by atoms with van der Waals surface area (Å²) >= 11 is 2.85. The second kappa shape index (κ2) is 14.0. The zero-order valence-corrected chi connectivity index (χ0v) is 17.5. The van der Waals surface area contributed by atoms with Crippen LogP contribution in [0, 0.1) is 0 Å². The number of nitrogens with two attached hydrogens (primary N) is 1. The normalized spacial score (nSPS) is 12.0. The van der Waals surface area contributed by atoms with Crippen molar-refractivity contribution in [2.45, 2.75) is 19.9 Å². The summed E-state index contributed by atoms with van der Waals surface area (Å²) in [6, 6.07) is -0.697. The van der Waals surface area contributed by atoms with Crippen molar-refractivity contribution >= 4 is 52.3 Å². The molecule has 3 N–H and O–H groups in total. The molecule has 0 fully saturated rings. The number of ether oxygens (including phenoxy) is 1. The number of hydrogen-bond donors (Lipinski definition) is 2. The molecule has 1 rings (SSSR count). The fourth-order valence-corrected chi connectivity index (χ4v) is 3.40. The van der Waals surface area contributed by atoms with Gasteiger partial charge in [0.15, 0.2) is 5.13 Å². The Morgan fingerprint density at radius 2 is 2.21 bits per heavy atom.